The summed E-state index contributed by atoms with van der Waals surface area (Å²) < 4.78 is 0. The molecule has 114 valence electrons. The Morgan fingerprint density at radius 3 is 2.15 bits per heavy atom. The lowest BCUT2D eigenvalue weighted by atomic mass is 10.1. The van der Waals surface area contributed by atoms with Gasteiger partial charge in [-0.1, -0.05) is 0 Å². The fourth-order valence-corrected chi connectivity index (χ4v) is 1.33. The van der Waals surface area contributed by atoms with E-state index in [1.54, 1.807) is 0 Å². The van der Waals surface area contributed by atoms with Crippen molar-refractivity contribution >= 4 is 17.9 Å². The number of carboxylic acids is 1. The molecule has 0 radical (unpaired) electrons. The van der Waals surface area contributed by atoms with Gasteiger partial charge < -0.3 is 15.3 Å². The minimum atomic E-state index is -1.18. The number of imide groups is 1. The van der Waals surface area contributed by atoms with Crippen molar-refractivity contribution in [2.75, 3.05) is 27.2 Å². The summed E-state index contributed by atoms with van der Waals surface area (Å²) in [5.74, 6) is -1.88. The smallest absolute Gasteiger partial charge is 0.331 e. The Morgan fingerprint density at radius 1 is 1.05 bits per heavy atom. The van der Waals surface area contributed by atoms with Crippen molar-refractivity contribution in [2.45, 2.75) is 26.7 Å². The van der Waals surface area contributed by atoms with E-state index in [4.69, 9.17) is 5.11 Å². The number of rotatable bonds is 7. The van der Waals surface area contributed by atoms with Gasteiger partial charge in [0.15, 0.2) is 0 Å². The first-order chi connectivity index (χ1) is 9.25. The molecule has 0 fully saturated rings. The highest BCUT2D eigenvalue weighted by Crippen LogP contribution is 2.03. The minimum absolute atomic E-state index is 0.0141. The van der Waals surface area contributed by atoms with Gasteiger partial charge in [0, 0.05) is 17.7 Å². The Morgan fingerprint density at radius 2 is 1.65 bits per heavy atom. The van der Waals surface area contributed by atoms with Crippen LogP contribution < -0.4 is 10.6 Å². The van der Waals surface area contributed by atoms with E-state index in [-0.39, 0.29) is 11.1 Å². The molecule has 0 aliphatic heterocycles. The Bertz CT molecular complexity index is 402. The molecule has 0 aliphatic carbocycles. The van der Waals surface area contributed by atoms with E-state index in [1.165, 1.54) is 13.8 Å². The van der Waals surface area contributed by atoms with Crippen LogP contribution in [0.4, 0.5) is 4.79 Å². The summed E-state index contributed by atoms with van der Waals surface area (Å²) in [4.78, 5) is 35.7. The molecule has 0 aromatic carbocycles. The molecule has 0 aromatic rings. The number of amides is 3. The van der Waals surface area contributed by atoms with Crippen LogP contribution >= 0.6 is 0 Å². The first-order valence-corrected chi connectivity index (χ1v) is 6.40. The number of carbonyl (C=O) groups is 3. The predicted octanol–water partition coefficient (Wildman–Crippen LogP) is 0.575. The minimum Gasteiger partial charge on any atom is -0.478 e. The van der Waals surface area contributed by atoms with Gasteiger partial charge >= 0.3 is 12.0 Å². The average molecular weight is 285 g/mol. The number of hydrogen-bond donors (Lipinski definition) is 3. The van der Waals surface area contributed by atoms with Crippen LogP contribution in [-0.2, 0) is 9.59 Å². The Kier molecular flexibility index (Phi) is 8.23. The van der Waals surface area contributed by atoms with Crippen molar-refractivity contribution in [1.29, 1.82) is 0 Å². The van der Waals surface area contributed by atoms with E-state index >= 15 is 0 Å². The molecule has 3 N–H and O–H groups in total. The van der Waals surface area contributed by atoms with Gasteiger partial charge in [-0.15, -0.1) is 0 Å². The van der Waals surface area contributed by atoms with Crippen molar-refractivity contribution in [3.05, 3.63) is 11.1 Å². The Labute approximate surface area is 119 Å². The van der Waals surface area contributed by atoms with Crippen LogP contribution in [0.5, 0.6) is 0 Å². The Hall–Kier alpha value is -1.89. The van der Waals surface area contributed by atoms with Crippen LogP contribution in [-0.4, -0.2) is 55.1 Å². The molecule has 0 heterocycles. The first kappa shape index (κ1) is 18.1. The number of carbonyl (C=O) groups excluding carboxylic acids is 2. The lowest BCUT2D eigenvalue weighted by molar-refractivity contribution is -0.133. The van der Waals surface area contributed by atoms with Gasteiger partial charge in [-0.2, -0.15) is 0 Å². The third-order valence-corrected chi connectivity index (χ3v) is 2.77. The molecular formula is C13H23N3O4. The fraction of sp³-hybridized carbons (Fsp3) is 0.615. The predicted molar refractivity (Wildman–Crippen MR) is 75.3 cm³/mol. The molecule has 0 unspecified atom stereocenters. The second kappa shape index (κ2) is 9.08. The number of hydrogen-bond acceptors (Lipinski definition) is 4. The summed E-state index contributed by atoms with van der Waals surface area (Å²) in [6.07, 6.45) is 1.75. The number of aliphatic carboxylic acids is 1. The molecule has 0 saturated carbocycles. The third-order valence-electron chi connectivity index (χ3n) is 2.77. The summed E-state index contributed by atoms with van der Waals surface area (Å²) in [5.41, 5.74) is -0.0680. The van der Waals surface area contributed by atoms with Gasteiger partial charge in [-0.05, 0) is 47.3 Å². The first-order valence-electron chi connectivity index (χ1n) is 6.40. The molecule has 0 aromatic heterocycles. The average Bonchev–Trinajstić information content (AvgIpc) is 2.35. The third kappa shape index (κ3) is 7.52. The number of unbranched alkanes of at least 4 members (excludes halogenated alkanes) is 1. The zero-order valence-electron chi connectivity index (χ0n) is 12.4. The summed E-state index contributed by atoms with van der Waals surface area (Å²) in [5, 5.41) is 13.4. The van der Waals surface area contributed by atoms with Crippen LogP contribution in [0.1, 0.15) is 26.7 Å². The highest BCUT2D eigenvalue weighted by molar-refractivity contribution is 6.07. The number of nitrogens with one attached hydrogen (secondary N) is 2. The zero-order chi connectivity index (χ0) is 15.7. The van der Waals surface area contributed by atoms with E-state index in [0.29, 0.717) is 6.54 Å². The maximum atomic E-state index is 11.6. The van der Waals surface area contributed by atoms with E-state index in [1.807, 2.05) is 19.0 Å². The van der Waals surface area contributed by atoms with Crippen LogP contribution in [0.25, 0.3) is 0 Å². The van der Waals surface area contributed by atoms with Crippen LogP contribution in [0.2, 0.25) is 0 Å². The molecular weight excluding hydrogens is 262 g/mol. The van der Waals surface area contributed by atoms with E-state index in [2.05, 4.69) is 10.6 Å². The molecule has 0 bridgehead atoms. The molecule has 20 heavy (non-hydrogen) atoms. The lowest BCUT2D eigenvalue weighted by Crippen LogP contribution is -2.40. The van der Waals surface area contributed by atoms with E-state index < -0.39 is 17.9 Å². The summed E-state index contributed by atoms with van der Waals surface area (Å²) in [6.45, 7) is 4.08. The van der Waals surface area contributed by atoms with Gasteiger partial charge in [0.1, 0.15) is 0 Å². The summed E-state index contributed by atoms with van der Waals surface area (Å²) >= 11 is 0. The highest BCUT2D eigenvalue weighted by Gasteiger charge is 2.14. The molecule has 0 saturated heterocycles. The lowest BCUT2D eigenvalue weighted by Gasteiger charge is -2.10. The monoisotopic (exact) mass is 285 g/mol. The van der Waals surface area contributed by atoms with Crippen molar-refractivity contribution in [1.82, 2.24) is 15.5 Å². The second-order valence-electron chi connectivity index (χ2n) is 4.78. The van der Waals surface area contributed by atoms with Crippen LogP contribution in [0.15, 0.2) is 11.1 Å². The van der Waals surface area contributed by atoms with E-state index in [9.17, 15) is 14.4 Å². The van der Waals surface area contributed by atoms with Crippen molar-refractivity contribution in [3.8, 4) is 0 Å². The SMILES string of the molecule is CC(C(=O)O)=C(C)C(=O)NC(=O)NCCCCN(C)C. The summed E-state index contributed by atoms with van der Waals surface area (Å²) in [6, 6.07) is -0.614. The van der Waals surface area contributed by atoms with Crippen molar-refractivity contribution in [3.63, 3.8) is 0 Å². The van der Waals surface area contributed by atoms with Gasteiger partial charge in [0.25, 0.3) is 5.91 Å². The largest absolute Gasteiger partial charge is 0.478 e. The van der Waals surface area contributed by atoms with Crippen LogP contribution in [0, 0.1) is 0 Å². The van der Waals surface area contributed by atoms with Crippen LogP contribution in [0.3, 0.4) is 0 Å². The highest BCUT2D eigenvalue weighted by atomic mass is 16.4. The summed E-state index contributed by atoms with van der Waals surface area (Å²) in [7, 11) is 3.94. The van der Waals surface area contributed by atoms with Crippen molar-refractivity contribution < 1.29 is 19.5 Å². The quantitative estimate of drug-likeness (QED) is 0.469. The maximum Gasteiger partial charge on any atom is 0.331 e. The Balaban J connectivity index is 4.07. The van der Waals surface area contributed by atoms with Gasteiger partial charge in [0.2, 0.25) is 0 Å². The van der Waals surface area contributed by atoms with Crippen molar-refractivity contribution in [2.24, 2.45) is 0 Å². The second-order valence-corrected chi connectivity index (χ2v) is 4.78. The fourth-order valence-electron chi connectivity index (χ4n) is 1.33. The number of carboxylic acid groups (broad SMARTS) is 1. The topological polar surface area (TPSA) is 98.7 Å². The zero-order valence-corrected chi connectivity index (χ0v) is 12.4. The number of nitrogens with zero attached hydrogens (tertiary/aromatic N) is 1. The molecule has 3 amide bonds. The van der Waals surface area contributed by atoms with Gasteiger partial charge in [0.05, 0.1) is 0 Å². The molecule has 0 atom stereocenters. The standard InChI is InChI=1S/C13H23N3O4/c1-9(10(2)12(18)19)11(17)15-13(20)14-7-5-6-8-16(3)4/h5-8H2,1-4H3,(H,18,19)(H2,14,15,17,20). The van der Waals surface area contributed by atoms with E-state index in [0.717, 1.165) is 19.4 Å². The normalized spacial score (nSPS) is 11.8. The molecule has 0 rings (SSSR count). The van der Waals surface area contributed by atoms with Gasteiger partial charge in [-0.3, -0.25) is 10.1 Å². The number of urea groups is 1. The molecule has 7 heteroatoms. The molecule has 7 nitrogen and oxygen atoms in total. The molecule has 0 spiro atoms. The van der Waals surface area contributed by atoms with Gasteiger partial charge in [-0.25, -0.2) is 9.59 Å². The maximum absolute atomic E-state index is 11.6. The molecule has 0 aliphatic rings.